The average Bonchev–Trinajstić information content (AvgIpc) is 3.00. The van der Waals surface area contributed by atoms with Crippen LogP contribution in [0.1, 0.15) is 26.3 Å². The first-order valence-corrected chi connectivity index (χ1v) is 12.8. The van der Waals surface area contributed by atoms with Crippen molar-refractivity contribution < 1.29 is 68.6 Å². The smallest absolute Gasteiger partial charge is 0.338 e. The summed E-state index contributed by atoms with van der Waals surface area (Å²) in [6.07, 6.45) is -8.07. The lowest BCUT2D eigenvalue weighted by molar-refractivity contribution is -0.277. The number of carbonyl (C=O) groups excluding carboxylic acids is 2. The summed E-state index contributed by atoms with van der Waals surface area (Å²) >= 11 is 0. The first kappa shape index (κ1) is 31.2. The van der Waals surface area contributed by atoms with Gasteiger partial charge in [-0.2, -0.15) is 0 Å². The van der Waals surface area contributed by atoms with Gasteiger partial charge in [-0.15, -0.1) is 0 Å². The molecule has 0 amide bonds. The molecule has 1 fully saturated rings. The van der Waals surface area contributed by atoms with E-state index in [9.17, 15) is 40.2 Å². The standard InChI is InChI=1S/C29H30O14/c1-38-21-10-15(4-6-17(21)30)27(36)40-12-14-3-8-20(19(32)9-14)42-29-26(35)25(34)24(33)23(43-29)13-41-28(37)16-5-7-18(31)22(11-16)39-2/h3-11,23-26,29-35H,12-13H2,1-2H3. The number of hydrogen-bond acceptors (Lipinski definition) is 14. The van der Waals surface area contributed by atoms with Gasteiger partial charge in [0.15, 0.2) is 34.5 Å². The molecule has 0 bridgehead atoms. The van der Waals surface area contributed by atoms with Crippen LogP contribution in [0.5, 0.6) is 34.5 Å². The molecule has 14 nitrogen and oxygen atoms in total. The Bertz CT molecular complexity index is 1460. The predicted octanol–water partition coefficient (Wildman–Crippen LogP) is 1.22. The van der Waals surface area contributed by atoms with E-state index in [0.29, 0.717) is 5.56 Å². The summed E-state index contributed by atoms with van der Waals surface area (Å²) < 4.78 is 31.4. The van der Waals surface area contributed by atoms with Crippen LogP contribution >= 0.6 is 0 Å². The van der Waals surface area contributed by atoms with Crippen molar-refractivity contribution in [2.45, 2.75) is 37.3 Å². The van der Waals surface area contributed by atoms with Gasteiger partial charge in [0, 0.05) is 0 Å². The zero-order valence-electron chi connectivity index (χ0n) is 22.9. The number of methoxy groups -OCH3 is 2. The zero-order valence-corrected chi connectivity index (χ0v) is 22.9. The molecule has 0 aromatic heterocycles. The molecule has 230 valence electrons. The van der Waals surface area contributed by atoms with Crippen molar-refractivity contribution >= 4 is 11.9 Å². The number of aliphatic hydroxyl groups is 3. The molecule has 1 aliphatic heterocycles. The molecule has 0 saturated carbocycles. The van der Waals surface area contributed by atoms with Gasteiger partial charge in [0.05, 0.1) is 25.3 Å². The Kier molecular flexibility index (Phi) is 9.77. The van der Waals surface area contributed by atoms with Gasteiger partial charge in [0.25, 0.3) is 0 Å². The highest BCUT2D eigenvalue weighted by atomic mass is 16.7. The molecule has 1 aliphatic rings. The van der Waals surface area contributed by atoms with E-state index in [4.69, 9.17) is 28.4 Å². The molecule has 4 rings (SSSR count). The molecule has 3 aromatic rings. The molecule has 0 spiro atoms. The number of phenolic OH excluding ortho intramolecular Hbond substituents is 3. The third-order valence-corrected chi connectivity index (χ3v) is 6.51. The minimum Gasteiger partial charge on any atom is -0.504 e. The van der Waals surface area contributed by atoms with Gasteiger partial charge in [-0.25, -0.2) is 9.59 Å². The van der Waals surface area contributed by atoms with Crippen LogP contribution in [0.4, 0.5) is 0 Å². The molecule has 3 aromatic carbocycles. The first-order chi connectivity index (χ1) is 20.5. The van der Waals surface area contributed by atoms with E-state index in [0.717, 1.165) is 0 Å². The van der Waals surface area contributed by atoms with Crippen molar-refractivity contribution in [1.29, 1.82) is 0 Å². The fraction of sp³-hybridized carbons (Fsp3) is 0.310. The van der Waals surface area contributed by atoms with E-state index in [2.05, 4.69) is 0 Å². The average molecular weight is 603 g/mol. The van der Waals surface area contributed by atoms with Gasteiger partial charge in [-0.1, -0.05) is 6.07 Å². The summed E-state index contributed by atoms with van der Waals surface area (Å²) in [7, 11) is 2.64. The Morgan fingerprint density at radius 2 is 1.28 bits per heavy atom. The van der Waals surface area contributed by atoms with Gasteiger partial charge in [0.1, 0.15) is 37.6 Å². The molecule has 5 atom stereocenters. The lowest BCUT2D eigenvalue weighted by Gasteiger charge is -2.39. The van der Waals surface area contributed by atoms with Crippen molar-refractivity contribution in [3.63, 3.8) is 0 Å². The second-order valence-corrected chi connectivity index (χ2v) is 9.38. The van der Waals surface area contributed by atoms with E-state index >= 15 is 0 Å². The Balaban J connectivity index is 1.37. The fourth-order valence-electron chi connectivity index (χ4n) is 4.11. The van der Waals surface area contributed by atoms with E-state index in [1.165, 1.54) is 68.8 Å². The van der Waals surface area contributed by atoms with Crippen molar-refractivity contribution in [2.24, 2.45) is 0 Å². The van der Waals surface area contributed by atoms with Crippen LogP contribution in [-0.2, 0) is 20.8 Å². The monoisotopic (exact) mass is 602 g/mol. The van der Waals surface area contributed by atoms with E-state index < -0.39 is 55.0 Å². The molecule has 1 heterocycles. The van der Waals surface area contributed by atoms with Gasteiger partial charge in [-0.3, -0.25) is 0 Å². The first-order valence-electron chi connectivity index (χ1n) is 12.8. The number of aromatic hydroxyl groups is 3. The summed E-state index contributed by atoms with van der Waals surface area (Å²) in [6, 6.07) is 11.7. The molecule has 1 saturated heterocycles. The van der Waals surface area contributed by atoms with Crippen LogP contribution in [0.15, 0.2) is 54.6 Å². The SMILES string of the molecule is COc1cc(C(=O)OCc2ccc(OC3OC(COC(=O)c4ccc(O)c(OC)c4)C(O)C(O)C3O)c(O)c2)ccc1O. The maximum atomic E-state index is 12.5. The summed E-state index contributed by atoms with van der Waals surface area (Å²) in [4.78, 5) is 24.8. The van der Waals surface area contributed by atoms with Crippen LogP contribution in [0.3, 0.4) is 0 Å². The lowest BCUT2D eigenvalue weighted by Crippen LogP contribution is -2.60. The van der Waals surface area contributed by atoms with Crippen LogP contribution in [-0.4, -0.2) is 94.1 Å². The summed E-state index contributed by atoms with van der Waals surface area (Å²) in [5, 5.41) is 61.0. The molecule has 0 aliphatic carbocycles. The molecule has 14 heteroatoms. The van der Waals surface area contributed by atoms with Gasteiger partial charge in [-0.05, 0) is 54.1 Å². The van der Waals surface area contributed by atoms with Crippen molar-refractivity contribution in [3.05, 3.63) is 71.3 Å². The number of hydrogen-bond donors (Lipinski definition) is 6. The van der Waals surface area contributed by atoms with Crippen molar-refractivity contribution in [2.75, 3.05) is 20.8 Å². The number of ether oxygens (including phenoxy) is 6. The van der Waals surface area contributed by atoms with Gasteiger partial charge in [0.2, 0.25) is 6.29 Å². The number of benzene rings is 3. The summed E-state index contributed by atoms with van der Waals surface area (Å²) in [6.45, 7) is -0.778. The lowest BCUT2D eigenvalue weighted by atomic mass is 9.99. The quantitative estimate of drug-likeness (QED) is 0.180. The minimum atomic E-state index is -1.75. The largest absolute Gasteiger partial charge is 0.504 e. The van der Waals surface area contributed by atoms with Crippen LogP contribution < -0.4 is 14.2 Å². The third-order valence-electron chi connectivity index (χ3n) is 6.51. The van der Waals surface area contributed by atoms with Gasteiger partial charge < -0.3 is 59.1 Å². The predicted molar refractivity (Wildman–Crippen MR) is 144 cm³/mol. The highest BCUT2D eigenvalue weighted by molar-refractivity contribution is 5.90. The van der Waals surface area contributed by atoms with E-state index in [-0.39, 0.29) is 46.5 Å². The normalized spacial score (nSPS) is 21.5. The van der Waals surface area contributed by atoms with Gasteiger partial charge >= 0.3 is 11.9 Å². The second-order valence-electron chi connectivity index (χ2n) is 9.38. The Morgan fingerprint density at radius 1 is 0.698 bits per heavy atom. The fourth-order valence-corrected chi connectivity index (χ4v) is 4.11. The highest BCUT2D eigenvalue weighted by Crippen LogP contribution is 2.32. The van der Waals surface area contributed by atoms with Crippen molar-refractivity contribution in [3.8, 4) is 34.5 Å². The zero-order chi connectivity index (χ0) is 31.3. The van der Waals surface area contributed by atoms with Crippen LogP contribution in [0, 0.1) is 0 Å². The Morgan fingerprint density at radius 3 is 1.84 bits per heavy atom. The molecule has 6 N–H and O–H groups in total. The molecule has 43 heavy (non-hydrogen) atoms. The maximum Gasteiger partial charge on any atom is 0.338 e. The summed E-state index contributed by atoms with van der Waals surface area (Å²) in [5.41, 5.74) is 0.540. The minimum absolute atomic E-state index is 0.0341. The number of esters is 2. The summed E-state index contributed by atoms with van der Waals surface area (Å²) in [5.74, 6) is -2.33. The number of carbonyl (C=O) groups is 2. The van der Waals surface area contributed by atoms with Crippen molar-refractivity contribution in [1.82, 2.24) is 0 Å². The third kappa shape index (κ3) is 7.18. The number of phenols is 3. The van der Waals surface area contributed by atoms with E-state index in [1.807, 2.05) is 0 Å². The highest BCUT2D eigenvalue weighted by Gasteiger charge is 2.45. The number of rotatable bonds is 10. The van der Waals surface area contributed by atoms with Crippen LogP contribution in [0.25, 0.3) is 0 Å². The number of aliphatic hydroxyl groups excluding tert-OH is 3. The van der Waals surface area contributed by atoms with Crippen LogP contribution in [0.2, 0.25) is 0 Å². The Labute approximate surface area is 244 Å². The maximum absolute atomic E-state index is 12.5. The molecule has 0 radical (unpaired) electrons. The van der Waals surface area contributed by atoms with E-state index in [1.54, 1.807) is 0 Å². The molecular weight excluding hydrogens is 572 g/mol. The second kappa shape index (κ2) is 13.5. The Hall–Kier alpha value is -4.76. The molecule has 5 unspecified atom stereocenters. The molecular formula is C29H30O14. The topological polar surface area (TPSA) is 211 Å².